The van der Waals surface area contributed by atoms with Crippen LogP contribution in [0.15, 0.2) is 42.5 Å². The third-order valence-electron chi connectivity index (χ3n) is 8.34. The van der Waals surface area contributed by atoms with Crippen molar-refractivity contribution < 1.29 is 9.84 Å². The molecule has 140 valence electrons. The first-order valence-corrected chi connectivity index (χ1v) is 10.7. The van der Waals surface area contributed by atoms with Crippen LogP contribution < -0.4 is 4.74 Å². The molecular formula is C25H28O2. The Hall–Kier alpha value is -1.96. The quantitative estimate of drug-likeness (QED) is 0.754. The molecule has 6 rings (SSSR count). The molecule has 1 spiro atoms. The van der Waals surface area contributed by atoms with E-state index in [4.69, 9.17) is 4.74 Å². The number of aromatic hydroxyl groups is 1. The predicted octanol–water partition coefficient (Wildman–Crippen LogP) is 5.61. The van der Waals surface area contributed by atoms with Crippen LogP contribution in [0.3, 0.4) is 0 Å². The van der Waals surface area contributed by atoms with Crippen LogP contribution >= 0.6 is 0 Å². The van der Waals surface area contributed by atoms with E-state index in [0.717, 1.165) is 29.9 Å². The molecule has 0 aliphatic heterocycles. The molecule has 3 saturated carbocycles. The summed E-state index contributed by atoms with van der Waals surface area (Å²) in [6, 6.07) is 14.6. The van der Waals surface area contributed by atoms with Crippen LogP contribution in [0.4, 0.5) is 0 Å². The maximum absolute atomic E-state index is 9.98. The van der Waals surface area contributed by atoms with Crippen molar-refractivity contribution in [2.24, 2.45) is 23.2 Å². The highest BCUT2D eigenvalue weighted by molar-refractivity contribution is 5.42. The highest BCUT2D eigenvalue weighted by Crippen LogP contribution is 2.75. The number of aryl methyl sites for hydroxylation is 2. The van der Waals surface area contributed by atoms with Gasteiger partial charge in [0, 0.05) is 5.92 Å². The van der Waals surface area contributed by atoms with Crippen LogP contribution in [0, 0.1) is 30.1 Å². The van der Waals surface area contributed by atoms with Gasteiger partial charge in [-0.1, -0.05) is 23.8 Å². The van der Waals surface area contributed by atoms with E-state index < -0.39 is 0 Å². The Labute approximate surface area is 161 Å². The smallest absolute Gasteiger partial charge is 0.119 e. The fourth-order valence-corrected chi connectivity index (χ4v) is 7.16. The standard InChI is InChI=1S/C25H28O2/c1-15-2-7-19(8-3-15)27-23-14-25-13-17(25)5-11-22(25)21-9-4-16-12-18(26)6-10-20(16)24(21)23/h2-3,6-8,10,12,17,21-24,26H,4-5,9,11,13-14H2,1H3/t17?,21?,22?,23-,24+,25?/m0/s1. The maximum atomic E-state index is 9.98. The van der Waals surface area contributed by atoms with E-state index in [1.807, 2.05) is 12.1 Å². The average Bonchev–Trinajstić information content (AvgIpc) is 3.23. The topological polar surface area (TPSA) is 29.5 Å². The summed E-state index contributed by atoms with van der Waals surface area (Å²) >= 11 is 0. The zero-order valence-corrected chi connectivity index (χ0v) is 16.0. The molecule has 2 nitrogen and oxygen atoms in total. The highest BCUT2D eigenvalue weighted by atomic mass is 16.5. The molecule has 0 radical (unpaired) electrons. The van der Waals surface area contributed by atoms with Crippen molar-refractivity contribution in [1.29, 1.82) is 0 Å². The first kappa shape index (κ1) is 16.0. The number of rotatable bonds is 2. The van der Waals surface area contributed by atoms with Gasteiger partial charge >= 0.3 is 0 Å². The van der Waals surface area contributed by atoms with Crippen LogP contribution in [0.25, 0.3) is 0 Å². The summed E-state index contributed by atoms with van der Waals surface area (Å²) < 4.78 is 6.70. The number of hydrogen-bond donors (Lipinski definition) is 1. The van der Waals surface area contributed by atoms with Crippen LogP contribution in [-0.4, -0.2) is 11.2 Å². The minimum Gasteiger partial charge on any atom is -0.508 e. The number of benzene rings is 2. The lowest BCUT2D eigenvalue weighted by Gasteiger charge is -2.49. The van der Waals surface area contributed by atoms with Gasteiger partial charge < -0.3 is 9.84 Å². The normalized spacial score (nSPS) is 38.3. The van der Waals surface area contributed by atoms with Gasteiger partial charge in [-0.05, 0) is 104 Å². The Morgan fingerprint density at radius 3 is 2.67 bits per heavy atom. The lowest BCUT2D eigenvalue weighted by atomic mass is 9.57. The molecule has 2 aromatic rings. The third kappa shape index (κ3) is 2.31. The predicted molar refractivity (Wildman–Crippen MR) is 106 cm³/mol. The summed E-state index contributed by atoms with van der Waals surface area (Å²) in [6.45, 7) is 2.13. The van der Waals surface area contributed by atoms with E-state index >= 15 is 0 Å². The van der Waals surface area contributed by atoms with E-state index in [1.165, 1.54) is 48.8 Å². The van der Waals surface area contributed by atoms with Gasteiger partial charge in [0.2, 0.25) is 0 Å². The monoisotopic (exact) mass is 360 g/mol. The molecular weight excluding hydrogens is 332 g/mol. The van der Waals surface area contributed by atoms with E-state index in [-0.39, 0.29) is 6.10 Å². The molecule has 0 saturated heterocycles. The molecule has 0 heterocycles. The van der Waals surface area contributed by atoms with E-state index in [0.29, 0.717) is 17.1 Å². The van der Waals surface area contributed by atoms with Crippen LogP contribution in [0.2, 0.25) is 0 Å². The molecule has 4 unspecified atom stereocenters. The van der Waals surface area contributed by atoms with Crippen molar-refractivity contribution in [2.75, 3.05) is 0 Å². The molecule has 4 aliphatic rings. The molecule has 2 aromatic carbocycles. The Balaban J connectivity index is 1.41. The second kappa shape index (κ2) is 5.53. The molecule has 4 aliphatic carbocycles. The molecule has 0 bridgehead atoms. The van der Waals surface area contributed by atoms with Gasteiger partial charge in [-0.3, -0.25) is 0 Å². The summed E-state index contributed by atoms with van der Waals surface area (Å²) in [6.07, 6.45) is 8.16. The van der Waals surface area contributed by atoms with Crippen molar-refractivity contribution in [3.05, 3.63) is 59.2 Å². The summed E-state index contributed by atoms with van der Waals surface area (Å²) in [7, 11) is 0. The van der Waals surface area contributed by atoms with Gasteiger partial charge in [0.05, 0.1) is 0 Å². The first-order valence-electron chi connectivity index (χ1n) is 10.7. The van der Waals surface area contributed by atoms with Crippen LogP contribution in [0.1, 0.15) is 54.7 Å². The fourth-order valence-electron chi connectivity index (χ4n) is 7.16. The number of fused-ring (bicyclic) bond motifs is 4. The minimum absolute atomic E-state index is 0.264. The summed E-state index contributed by atoms with van der Waals surface area (Å²) in [5.74, 6) is 4.50. The van der Waals surface area contributed by atoms with Crippen molar-refractivity contribution in [1.82, 2.24) is 0 Å². The fraction of sp³-hybridized carbons (Fsp3) is 0.520. The largest absolute Gasteiger partial charge is 0.508 e. The van der Waals surface area contributed by atoms with Gasteiger partial charge in [0.1, 0.15) is 17.6 Å². The first-order chi connectivity index (χ1) is 13.1. The zero-order chi connectivity index (χ0) is 18.2. The van der Waals surface area contributed by atoms with Gasteiger partial charge in [-0.15, -0.1) is 0 Å². The van der Waals surface area contributed by atoms with E-state index in [2.05, 4.69) is 37.3 Å². The minimum atomic E-state index is 0.264. The van der Waals surface area contributed by atoms with Crippen molar-refractivity contribution in [3.8, 4) is 11.5 Å². The lowest BCUT2D eigenvalue weighted by Crippen LogP contribution is -2.46. The highest BCUT2D eigenvalue weighted by Gasteiger charge is 2.68. The molecule has 2 heteroatoms. The van der Waals surface area contributed by atoms with Gasteiger partial charge in [-0.2, -0.15) is 0 Å². The van der Waals surface area contributed by atoms with Gasteiger partial charge in [0.15, 0.2) is 0 Å². The summed E-state index contributed by atoms with van der Waals surface area (Å²) in [4.78, 5) is 0. The Kier molecular flexibility index (Phi) is 3.28. The molecule has 0 amide bonds. The molecule has 3 fully saturated rings. The Bertz CT molecular complexity index is 886. The maximum Gasteiger partial charge on any atom is 0.119 e. The Morgan fingerprint density at radius 2 is 1.85 bits per heavy atom. The lowest BCUT2D eigenvalue weighted by molar-refractivity contribution is 0.00358. The summed E-state index contributed by atoms with van der Waals surface area (Å²) in [5.41, 5.74) is 4.65. The van der Waals surface area contributed by atoms with Crippen LogP contribution in [-0.2, 0) is 6.42 Å². The third-order valence-corrected chi connectivity index (χ3v) is 8.34. The van der Waals surface area contributed by atoms with Gasteiger partial charge in [0.25, 0.3) is 0 Å². The second-order valence-corrected chi connectivity index (χ2v) is 9.60. The van der Waals surface area contributed by atoms with Crippen molar-refractivity contribution >= 4 is 0 Å². The molecule has 0 aromatic heterocycles. The van der Waals surface area contributed by atoms with Gasteiger partial charge in [-0.25, -0.2) is 0 Å². The Morgan fingerprint density at radius 1 is 1.00 bits per heavy atom. The average molecular weight is 360 g/mol. The molecule has 27 heavy (non-hydrogen) atoms. The van der Waals surface area contributed by atoms with Crippen LogP contribution in [0.5, 0.6) is 11.5 Å². The number of phenolic OH excluding ortho intramolecular Hbond substituents is 1. The van der Waals surface area contributed by atoms with E-state index in [9.17, 15) is 5.11 Å². The summed E-state index contributed by atoms with van der Waals surface area (Å²) in [5, 5.41) is 9.98. The molecule has 6 atom stereocenters. The second-order valence-electron chi connectivity index (χ2n) is 9.60. The van der Waals surface area contributed by atoms with Crippen molar-refractivity contribution in [2.45, 2.75) is 57.5 Å². The number of ether oxygens (including phenoxy) is 1. The van der Waals surface area contributed by atoms with Crippen molar-refractivity contribution in [3.63, 3.8) is 0 Å². The number of hydrogen-bond acceptors (Lipinski definition) is 2. The van der Waals surface area contributed by atoms with E-state index in [1.54, 1.807) is 0 Å². The zero-order valence-electron chi connectivity index (χ0n) is 16.0. The molecule has 1 N–H and O–H groups in total. The SMILES string of the molecule is Cc1ccc(O[C@H]2CC34CC3CCC4C3CCc4cc(O)ccc4[C@H]32)cc1. The number of phenols is 1.